The monoisotopic (exact) mass is 587 g/mol. The average molecular weight is 588 g/mol. The number of likely N-dealkylation sites (tertiary alicyclic amines) is 1. The predicted molar refractivity (Wildman–Crippen MR) is 152 cm³/mol. The molecule has 0 bridgehead atoms. The van der Waals surface area contributed by atoms with E-state index < -0.39 is 24.3 Å². The molecule has 1 amide bonds. The zero-order chi connectivity index (χ0) is 29.6. The zero-order valence-electron chi connectivity index (χ0n) is 22.5. The van der Waals surface area contributed by atoms with Crippen LogP contribution >= 0.6 is 11.3 Å². The average Bonchev–Trinajstić information content (AvgIpc) is 3.28. The molecule has 1 aliphatic heterocycles. The van der Waals surface area contributed by atoms with E-state index in [1.165, 1.54) is 24.5 Å². The van der Waals surface area contributed by atoms with Gasteiger partial charge >= 0.3 is 6.18 Å². The van der Waals surface area contributed by atoms with Gasteiger partial charge in [0.05, 0.1) is 39.5 Å². The Morgan fingerprint density at radius 3 is 2.66 bits per heavy atom. The second-order valence-electron chi connectivity index (χ2n) is 9.62. The molecule has 3 aromatic rings. The number of halogens is 4. The van der Waals surface area contributed by atoms with Gasteiger partial charge in [0, 0.05) is 19.2 Å². The molecule has 0 aliphatic carbocycles. The van der Waals surface area contributed by atoms with Crippen molar-refractivity contribution in [1.82, 2.24) is 10.2 Å². The predicted octanol–water partition coefficient (Wildman–Crippen LogP) is 5.38. The Morgan fingerprint density at radius 2 is 1.98 bits per heavy atom. The van der Waals surface area contributed by atoms with Gasteiger partial charge in [-0.3, -0.25) is 4.79 Å². The molecule has 0 saturated carbocycles. The first kappa shape index (κ1) is 30.0. The standard InChI is InChI=1S/C29H29F4N5O2S/c1-35-28(39)20-15-25(40-14-10-34)24(16-22(20)30)36-11-4-7-26-21(17-29(31,32)33)19-5-3-6-23(27(19)41-26)37-18-8-12-38(2)13-9-18/h3,5-6,15-16,18,36-37H,8-9,11-14,17H2,1-2H3,(H,35,39). The minimum absolute atomic E-state index is 0.0535. The van der Waals surface area contributed by atoms with Gasteiger partial charge in [-0.2, -0.15) is 18.4 Å². The van der Waals surface area contributed by atoms with Gasteiger partial charge in [0.15, 0.2) is 6.61 Å². The summed E-state index contributed by atoms with van der Waals surface area (Å²) in [6, 6.07) is 9.59. The lowest BCUT2D eigenvalue weighted by Crippen LogP contribution is -2.36. The normalized spacial score (nSPS) is 14.2. The van der Waals surface area contributed by atoms with Crippen molar-refractivity contribution in [3.63, 3.8) is 0 Å². The molecular formula is C29H29F4N5O2S. The number of piperidine rings is 1. The number of nitrogens with one attached hydrogen (secondary N) is 3. The van der Waals surface area contributed by atoms with Crippen LogP contribution in [-0.2, 0) is 6.42 Å². The van der Waals surface area contributed by atoms with Crippen LogP contribution in [0, 0.1) is 29.0 Å². The first-order valence-corrected chi connectivity index (χ1v) is 13.8. The molecule has 7 nitrogen and oxygen atoms in total. The Hall–Kier alpha value is -4.00. The molecule has 1 aliphatic rings. The maximum Gasteiger partial charge on any atom is 0.393 e. The molecular weight excluding hydrogens is 558 g/mol. The summed E-state index contributed by atoms with van der Waals surface area (Å²) in [7, 11) is 3.42. The fraction of sp³-hybridized carbons (Fsp3) is 0.379. The summed E-state index contributed by atoms with van der Waals surface area (Å²) in [5.41, 5.74) is 0.804. The molecule has 1 aromatic heterocycles. The van der Waals surface area contributed by atoms with Gasteiger partial charge in [-0.15, -0.1) is 11.3 Å². The van der Waals surface area contributed by atoms with E-state index in [2.05, 4.69) is 39.7 Å². The lowest BCUT2D eigenvalue weighted by Gasteiger charge is -2.30. The van der Waals surface area contributed by atoms with Crippen LogP contribution in [0.15, 0.2) is 30.3 Å². The Balaban J connectivity index is 1.61. The SMILES string of the molecule is CNC(=O)c1cc(OCC#N)c(NCC#Cc2sc3c(NC4CCN(C)CC4)cccc3c2CC(F)(F)F)cc1F. The largest absolute Gasteiger partial charge is 0.477 e. The van der Waals surface area contributed by atoms with E-state index in [1.54, 1.807) is 12.1 Å². The summed E-state index contributed by atoms with van der Waals surface area (Å²) < 4.78 is 61.3. The Kier molecular flexibility index (Phi) is 9.58. The molecule has 0 radical (unpaired) electrons. The van der Waals surface area contributed by atoms with E-state index in [1.807, 2.05) is 12.1 Å². The second-order valence-corrected chi connectivity index (χ2v) is 10.6. The molecule has 1 saturated heterocycles. The fourth-order valence-corrected chi connectivity index (χ4v) is 5.80. The van der Waals surface area contributed by atoms with Crippen LogP contribution < -0.4 is 20.7 Å². The van der Waals surface area contributed by atoms with Gasteiger partial charge in [-0.25, -0.2) is 4.39 Å². The number of anilines is 2. The van der Waals surface area contributed by atoms with Crippen LogP contribution in [0.3, 0.4) is 0 Å². The highest BCUT2D eigenvalue weighted by atomic mass is 32.1. The highest BCUT2D eigenvalue weighted by Gasteiger charge is 2.31. The van der Waals surface area contributed by atoms with Crippen LogP contribution in [0.5, 0.6) is 5.75 Å². The smallest absolute Gasteiger partial charge is 0.393 e. The minimum atomic E-state index is -4.42. The van der Waals surface area contributed by atoms with Crippen molar-refractivity contribution in [1.29, 1.82) is 5.26 Å². The molecule has 3 N–H and O–H groups in total. The Bertz CT molecular complexity index is 1510. The van der Waals surface area contributed by atoms with Crippen molar-refractivity contribution in [3.8, 4) is 23.7 Å². The highest BCUT2D eigenvalue weighted by Crippen LogP contribution is 2.39. The summed E-state index contributed by atoms with van der Waals surface area (Å²) in [6.45, 7) is 1.50. The zero-order valence-corrected chi connectivity index (χ0v) is 23.4. The van der Waals surface area contributed by atoms with Crippen LogP contribution in [0.2, 0.25) is 0 Å². The van der Waals surface area contributed by atoms with Crippen molar-refractivity contribution < 1.29 is 27.1 Å². The number of hydrogen-bond acceptors (Lipinski definition) is 7. The van der Waals surface area contributed by atoms with E-state index in [0.717, 1.165) is 42.4 Å². The molecule has 2 aromatic carbocycles. The number of thiophene rings is 1. The molecule has 1 fully saturated rings. The summed E-state index contributed by atoms with van der Waals surface area (Å²) in [4.78, 5) is 14.5. The topological polar surface area (TPSA) is 89.4 Å². The van der Waals surface area contributed by atoms with E-state index in [0.29, 0.717) is 10.3 Å². The first-order valence-electron chi connectivity index (χ1n) is 12.9. The number of carbonyl (C=O) groups excluding carboxylic acids is 1. The highest BCUT2D eigenvalue weighted by molar-refractivity contribution is 7.20. The maximum atomic E-state index is 14.5. The molecule has 41 heavy (non-hydrogen) atoms. The number of rotatable bonds is 8. The van der Waals surface area contributed by atoms with Gasteiger partial charge in [0.2, 0.25) is 0 Å². The second kappa shape index (κ2) is 13.1. The van der Waals surface area contributed by atoms with Crippen LogP contribution in [0.1, 0.15) is 33.6 Å². The van der Waals surface area contributed by atoms with Crippen molar-refractivity contribution in [2.75, 3.05) is 51.0 Å². The van der Waals surface area contributed by atoms with Gasteiger partial charge in [0.25, 0.3) is 5.91 Å². The summed E-state index contributed by atoms with van der Waals surface area (Å²) in [5.74, 6) is 4.29. The first-order chi connectivity index (χ1) is 19.6. The summed E-state index contributed by atoms with van der Waals surface area (Å²) in [5, 5.41) is 18.1. The number of fused-ring (bicyclic) bond motifs is 1. The van der Waals surface area contributed by atoms with Gasteiger partial charge in [-0.1, -0.05) is 24.0 Å². The fourth-order valence-electron chi connectivity index (χ4n) is 4.63. The number of alkyl halides is 3. The number of amides is 1. The van der Waals surface area contributed by atoms with Gasteiger partial charge < -0.3 is 25.6 Å². The molecule has 12 heteroatoms. The van der Waals surface area contributed by atoms with Gasteiger partial charge in [0.1, 0.15) is 17.6 Å². The van der Waals surface area contributed by atoms with Crippen molar-refractivity contribution >= 4 is 38.7 Å². The van der Waals surface area contributed by atoms with Crippen molar-refractivity contribution in [2.45, 2.75) is 31.5 Å². The number of nitrogens with zero attached hydrogens (tertiary/aromatic N) is 2. The number of benzene rings is 2. The summed E-state index contributed by atoms with van der Waals surface area (Å²) in [6.07, 6.45) is -3.65. The molecule has 4 rings (SSSR count). The number of hydrogen-bond donors (Lipinski definition) is 3. The van der Waals surface area contributed by atoms with Crippen LogP contribution in [0.25, 0.3) is 10.1 Å². The Labute approximate surface area is 239 Å². The third kappa shape index (κ3) is 7.60. The quantitative estimate of drug-likeness (QED) is 0.242. The molecule has 216 valence electrons. The third-order valence-corrected chi connectivity index (χ3v) is 7.87. The van der Waals surface area contributed by atoms with Crippen LogP contribution in [0.4, 0.5) is 28.9 Å². The minimum Gasteiger partial charge on any atom is -0.477 e. The molecule has 0 spiro atoms. The summed E-state index contributed by atoms with van der Waals surface area (Å²) >= 11 is 1.21. The maximum absolute atomic E-state index is 14.5. The molecule has 0 unspecified atom stereocenters. The van der Waals surface area contributed by atoms with E-state index in [-0.39, 0.29) is 41.8 Å². The lowest BCUT2D eigenvalue weighted by molar-refractivity contribution is -0.126. The van der Waals surface area contributed by atoms with E-state index in [4.69, 9.17) is 10.00 Å². The van der Waals surface area contributed by atoms with E-state index in [9.17, 15) is 22.4 Å². The van der Waals surface area contributed by atoms with Crippen molar-refractivity contribution in [2.24, 2.45) is 0 Å². The molecule has 2 heterocycles. The number of nitriles is 1. The number of carbonyl (C=O) groups is 1. The lowest BCUT2D eigenvalue weighted by atomic mass is 10.0. The van der Waals surface area contributed by atoms with Crippen molar-refractivity contribution in [3.05, 3.63) is 52.2 Å². The number of ether oxygens (including phenoxy) is 1. The van der Waals surface area contributed by atoms with E-state index >= 15 is 0 Å². The third-order valence-electron chi connectivity index (χ3n) is 6.68. The molecule has 0 atom stereocenters. The Morgan fingerprint density at radius 1 is 1.22 bits per heavy atom. The van der Waals surface area contributed by atoms with Gasteiger partial charge in [-0.05, 0) is 56.1 Å². The van der Waals surface area contributed by atoms with Crippen LogP contribution in [-0.4, -0.2) is 63.4 Å².